The van der Waals surface area contributed by atoms with E-state index in [1.807, 2.05) is 37.3 Å². The molecule has 0 spiro atoms. The molecule has 0 aliphatic heterocycles. The Hall–Kier alpha value is -3.21. The molecule has 1 amide bonds. The first-order valence-electron chi connectivity index (χ1n) is 8.70. The van der Waals surface area contributed by atoms with Crippen LogP contribution < -0.4 is 10.6 Å². The summed E-state index contributed by atoms with van der Waals surface area (Å²) in [6, 6.07) is 17.5. The third-order valence-corrected chi connectivity index (χ3v) is 3.94. The van der Waals surface area contributed by atoms with Crippen molar-refractivity contribution >= 4 is 17.4 Å². The highest BCUT2D eigenvalue weighted by atomic mass is 16.1. The van der Waals surface area contributed by atoms with Crippen LogP contribution in [0.5, 0.6) is 0 Å². The van der Waals surface area contributed by atoms with Gasteiger partial charge in [0.05, 0.1) is 5.69 Å². The second kappa shape index (κ2) is 8.25. The first kappa shape index (κ1) is 17.6. The van der Waals surface area contributed by atoms with Crippen LogP contribution in [-0.4, -0.2) is 22.4 Å². The van der Waals surface area contributed by atoms with E-state index >= 15 is 0 Å². The third-order valence-electron chi connectivity index (χ3n) is 3.94. The summed E-state index contributed by atoms with van der Waals surface area (Å²) in [5, 5.41) is 6.12. The lowest BCUT2D eigenvalue weighted by molar-refractivity contribution is 0.0953. The topological polar surface area (TPSA) is 66.9 Å². The molecule has 0 saturated heterocycles. The van der Waals surface area contributed by atoms with Gasteiger partial charge in [-0.3, -0.25) is 4.79 Å². The molecule has 0 saturated carbocycles. The molecule has 0 aliphatic carbocycles. The Bertz CT molecular complexity index is 891. The van der Waals surface area contributed by atoms with Crippen LogP contribution in [0.3, 0.4) is 0 Å². The quantitative estimate of drug-likeness (QED) is 0.697. The molecule has 0 atom stereocenters. The van der Waals surface area contributed by atoms with Crippen LogP contribution in [0.15, 0.2) is 60.9 Å². The number of nitrogens with one attached hydrogen (secondary N) is 2. The standard InChI is InChI=1S/C21H22N4O/c1-3-11-22-21(26)16-7-9-18(10-8-16)25-20-13-19(23-14-24-20)17-6-4-5-15(2)12-17/h4-10,12-14H,3,11H2,1-2H3,(H,22,26)(H,23,24,25). The Labute approximate surface area is 153 Å². The first-order chi connectivity index (χ1) is 12.7. The van der Waals surface area contributed by atoms with Crippen molar-refractivity contribution < 1.29 is 4.79 Å². The normalized spacial score (nSPS) is 10.4. The smallest absolute Gasteiger partial charge is 0.251 e. The molecular formula is C21H22N4O. The Morgan fingerprint density at radius 2 is 1.85 bits per heavy atom. The molecule has 3 rings (SSSR count). The number of carbonyl (C=O) groups is 1. The van der Waals surface area contributed by atoms with Gasteiger partial charge in [0.1, 0.15) is 12.1 Å². The van der Waals surface area contributed by atoms with E-state index in [1.54, 1.807) is 18.5 Å². The molecule has 1 heterocycles. The highest BCUT2D eigenvalue weighted by Gasteiger charge is 2.06. The van der Waals surface area contributed by atoms with Gasteiger partial charge in [0.2, 0.25) is 0 Å². The highest BCUT2D eigenvalue weighted by Crippen LogP contribution is 2.22. The number of carbonyl (C=O) groups excluding carboxylic acids is 1. The minimum Gasteiger partial charge on any atom is -0.352 e. The van der Waals surface area contributed by atoms with E-state index in [0.717, 1.165) is 23.4 Å². The van der Waals surface area contributed by atoms with Gasteiger partial charge in [0.15, 0.2) is 0 Å². The molecule has 2 aromatic carbocycles. The Kier molecular flexibility index (Phi) is 5.59. The summed E-state index contributed by atoms with van der Waals surface area (Å²) in [6.45, 7) is 4.77. The van der Waals surface area contributed by atoms with E-state index < -0.39 is 0 Å². The highest BCUT2D eigenvalue weighted by molar-refractivity contribution is 5.94. The lowest BCUT2D eigenvalue weighted by Gasteiger charge is -2.09. The van der Waals surface area contributed by atoms with E-state index in [4.69, 9.17) is 0 Å². The van der Waals surface area contributed by atoms with Crippen LogP contribution >= 0.6 is 0 Å². The molecule has 5 heteroatoms. The first-order valence-corrected chi connectivity index (χ1v) is 8.70. The van der Waals surface area contributed by atoms with E-state index in [2.05, 4.69) is 39.7 Å². The van der Waals surface area contributed by atoms with Gasteiger partial charge in [-0.05, 0) is 43.7 Å². The number of aromatic nitrogens is 2. The number of aryl methyl sites for hydroxylation is 1. The molecule has 0 fully saturated rings. The van der Waals surface area contributed by atoms with Gasteiger partial charge < -0.3 is 10.6 Å². The Balaban J connectivity index is 1.73. The van der Waals surface area contributed by atoms with Crippen molar-refractivity contribution in [2.45, 2.75) is 20.3 Å². The number of hydrogen-bond donors (Lipinski definition) is 2. The number of amides is 1. The Morgan fingerprint density at radius 3 is 2.58 bits per heavy atom. The van der Waals surface area contributed by atoms with Crippen LogP contribution in [0.4, 0.5) is 11.5 Å². The van der Waals surface area contributed by atoms with Gasteiger partial charge in [-0.1, -0.05) is 30.7 Å². The molecule has 26 heavy (non-hydrogen) atoms. The summed E-state index contributed by atoms with van der Waals surface area (Å²) < 4.78 is 0. The maximum absolute atomic E-state index is 12.0. The fourth-order valence-corrected chi connectivity index (χ4v) is 2.58. The van der Waals surface area contributed by atoms with E-state index in [0.29, 0.717) is 17.9 Å². The van der Waals surface area contributed by atoms with Gasteiger partial charge in [-0.25, -0.2) is 9.97 Å². The van der Waals surface area contributed by atoms with E-state index in [9.17, 15) is 4.79 Å². The van der Waals surface area contributed by atoms with Crippen LogP contribution in [0.2, 0.25) is 0 Å². The number of nitrogens with zero attached hydrogens (tertiary/aromatic N) is 2. The average Bonchev–Trinajstić information content (AvgIpc) is 2.67. The number of benzene rings is 2. The van der Waals surface area contributed by atoms with Crippen molar-refractivity contribution in [1.82, 2.24) is 15.3 Å². The maximum atomic E-state index is 12.0. The molecular weight excluding hydrogens is 324 g/mol. The maximum Gasteiger partial charge on any atom is 0.251 e. The van der Waals surface area contributed by atoms with Crippen molar-refractivity contribution in [2.75, 3.05) is 11.9 Å². The lowest BCUT2D eigenvalue weighted by Crippen LogP contribution is -2.23. The summed E-state index contributed by atoms with van der Waals surface area (Å²) in [6.07, 6.45) is 2.47. The zero-order chi connectivity index (χ0) is 18.4. The zero-order valence-corrected chi connectivity index (χ0v) is 15.0. The molecule has 0 aliphatic rings. The van der Waals surface area contributed by atoms with Gasteiger partial charge in [0, 0.05) is 29.4 Å². The molecule has 3 aromatic rings. The molecule has 1 aromatic heterocycles. The number of anilines is 2. The fourth-order valence-electron chi connectivity index (χ4n) is 2.58. The average molecular weight is 346 g/mol. The summed E-state index contributed by atoms with van der Waals surface area (Å²) in [7, 11) is 0. The largest absolute Gasteiger partial charge is 0.352 e. The summed E-state index contributed by atoms with van der Waals surface area (Å²) in [5.41, 5.74) is 4.62. The van der Waals surface area contributed by atoms with Gasteiger partial charge in [-0.2, -0.15) is 0 Å². The minimum atomic E-state index is -0.0535. The number of rotatable bonds is 6. The summed E-state index contributed by atoms with van der Waals surface area (Å²) >= 11 is 0. The van der Waals surface area contributed by atoms with Gasteiger partial charge in [0.25, 0.3) is 5.91 Å². The van der Waals surface area contributed by atoms with Crippen LogP contribution in [0.25, 0.3) is 11.3 Å². The van der Waals surface area contributed by atoms with Crippen LogP contribution in [0, 0.1) is 6.92 Å². The minimum absolute atomic E-state index is 0.0535. The number of hydrogen-bond acceptors (Lipinski definition) is 4. The van der Waals surface area contributed by atoms with Crippen molar-refractivity contribution in [3.8, 4) is 11.3 Å². The van der Waals surface area contributed by atoms with Crippen molar-refractivity contribution in [3.63, 3.8) is 0 Å². The van der Waals surface area contributed by atoms with Crippen molar-refractivity contribution in [2.24, 2.45) is 0 Å². The molecule has 132 valence electrons. The molecule has 0 unspecified atom stereocenters. The predicted octanol–water partition coefficient (Wildman–Crippen LogP) is 4.34. The van der Waals surface area contributed by atoms with Crippen molar-refractivity contribution in [1.29, 1.82) is 0 Å². The van der Waals surface area contributed by atoms with Crippen molar-refractivity contribution in [3.05, 3.63) is 72.1 Å². The SMILES string of the molecule is CCCNC(=O)c1ccc(Nc2cc(-c3cccc(C)c3)ncn2)cc1. The zero-order valence-electron chi connectivity index (χ0n) is 15.0. The second-order valence-electron chi connectivity index (χ2n) is 6.12. The van der Waals surface area contributed by atoms with E-state index in [1.165, 1.54) is 5.56 Å². The molecule has 0 radical (unpaired) electrons. The molecule has 5 nitrogen and oxygen atoms in total. The Morgan fingerprint density at radius 1 is 1.04 bits per heavy atom. The van der Waals surface area contributed by atoms with Gasteiger partial charge in [-0.15, -0.1) is 0 Å². The molecule has 0 bridgehead atoms. The third kappa shape index (κ3) is 4.45. The van der Waals surface area contributed by atoms with Crippen LogP contribution in [-0.2, 0) is 0 Å². The van der Waals surface area contributed by atoms with Crippen LogP contribution in [0.1, 0.15) is 29.3 Å². The monoisotopic (exact) mass is 346 g/mol. The lowest BCUT2D eigenvalue weighted by atomic mass is 10.1. The fraction of sp³-hybridized carbons (Fsp3) is 0.190. The summed E-state index contributed by atoms with van der Waals surface area (Å²) in [4.78, 5) is 20.6. The summed E-state index contributed by atoms with van der Waals surface area (Å²) in [5.74, 6) is 0.655. The second-order valence-corrected chi connectivity index (χ2v) is 6.12. The van der Waals surface area contributed by atoms with E-state index in [-0.39, 0.29) is 5.91 Å². The molecule has 2 N–H and O–H groups in total. The van der Waals surface area contributed by atoms with Gasteiger partial charge >= 0.3 is 0 Å². The predicted molar refractivity (Wildman–Crippen MR) is 105 cm³/mol.